The molecule has 0 aromatic heterocycles. The van der Waals surface area contributed by atoms with E-state index in [1.54, 1.807) is 29.2 Å². The normalized spacial score (nSPS) is 12.9. The lowest BCUT2D eigenvalue weighted by atomic mass is 10.1. The molecule has 7 heteroatoms. The fraction of sp³-hybridized carbons (Fsp3) is 0.533. The SMILES string of the molecule is CCN(CC)C(=O)[C@@H](NS(=O)(=O)CCOC)c1ccccc1. The van der Waals surface area contributed by atoms with Gasteiger partial charge in [-0.05, 0) is 19.4 Å². The summed E-state index contributed by atoms with van der Waals surface area (Å²) in [5, 5.41) is 0. The smallest absolute Gasteiger partial charge is 0.245 e. The number of nitrogens with one attached hydrogen (secondary N) is 1. The quantitative estimate of drug-likeness (QED) is 0.738. The van der Waals surface area contributed by atoms with Gasteiger partial charge in [-0.15, -0.1) is 0 Å². The molecule has 0 aliphatic heterocycles. The Balaban J connectivity index is 3.05. The van der Waals surface area contributed by atoms with E-state index in [0.717, 1.165) is 0 Å². The molecule has 6 nitrogen and oxygen atoms in total. The average molecular weight is 328 g/mol. The van der Waals surface area contributed by atoms with Crippen LogP contribution in [-0.2, 0) is 19.6 Å². The lowest BCUT2D eigenvalue weighted by molar-refractivity contribution is -0.132. The van der Waals surface area contributed by atoms with Crippen molar-refractivity contribution in [3.05, 3.63) is 35.9 Å². The second-order valence-electron chi connectivity index (χ2n) is 4.78. The monoisotopic (exact) mass is 328 g/mol. The first-order valence-corrected chi connectivity index (χ1v) is 8.93. The second-order valence-corrected chi connectivity index (χ2v) is 6.66. The summed E-state index contributed by atoms with van der Waals surface area (Å²) >= 11 is 0. The number of hydrogen-bond acceptors (Lipinski definition) is 4. The van der Waals surface area contributed by atoms with Crippen molar-refractivity contribution in [2.24, 2.45) is 0 Å². The van der Waals surface area contributed by atoms with Crippen molar-refractivity contribution in [1.82, 2.24) is 9.62 Å². The van der Waals surface area contributed by atoms with Crippen molar-refractivity contribution in [3.8, 4) is 0 Å². The highest BCUT2D eigenvalue weighted by atomic mass is 32.2. The van der Waals surface area contributed by atoms with Crippen LogP contribution in [0.5, 0.6) is 0 Å². The van der Waals surface area contributed by atoms with Crippen LogP contribution in [0.3, 0.4) is 0 Å². The molecule has 0 aliphatic carbocycles. The summed E-state index contributed by atoms with van der Waals surface area (Å²) in [6, 6.07) is 7.95. The largest absolute Gasteiger partial charge is 0.384 e. The Hall–Kier alpha value is -1.44. The third kappa shape index (κ3) is 5.40. The Labute approximate surface area is 132 Å². The van der Waals surface area contributed by atoms with Crippen LogP contribution in [0.1, 0.15) is 25.5 Å². The zero-order valence-electron chi connectivity index (χ0n) is 13.3. The van der Waals surface area contributed by atoms with Crippen molar-refractivity contribution < 1.29 is 17.9 Å². The summed E-state index contributed by atoms with van der Waals surface area (Å²) in [5.74, 6) is -0.435. The molecule has 22 heavy (non-hydrogen) atoms. The van der Waals surface area contributed by atoms with Crippen molar-refractivity contribution in [2.75, 3.05) is 32.6 Å². The van der Waals surface area contributed by atoms with E-state index < -0.39 is 16.1 Å². The molecular formula is C15H24N2O4S. The molecule has 0 saturated carbocycles. The Kier molecular flexibility index (Phi) is 7.50. The van der Waals surface area contributed by atoms with Crippen LogP contribution in [0.2, 0.25) is 0 Å². The first-order valence-electron chi connectivity index (χ1n) is 7.27. The maximum Gasteiger partial charge on any atom is 0.245 e. The summed E-state index contributed by atoms with van der Waals surface area (Å²) in [6.45, 7) is 4.86. The van der Waals surface area contributed by atoms with Gasteiger partial charge < -0.3 is 9.64 Å². The minimum absolute atomic E-state index is 0.0797. The van der Waals surface area contributed by atoms with Gasteiger partial charge in [0.2, 0.25) is 15.9 Å². The molecule has 0 spiro atoms. The third-order valence-electron chi connectivity index (χ3n) is 3.31. The molecule has 124 valence electrons. The summed E-state index contributed by atoms with van der Waals surface area (Å²) in [7, 11) is -2.17. The number of ether oxygens (including phenoxy) is 1. The Morgan fingerprint density at radius 3 is 2.32 bits per heavy atom. The molecule has 0 unspecified atom stereocenters. The standard InChI is InChI=1S/C15H24N2O4S/c1-4-17(5-2)15(18)14(13-9-7-6-8-10-13)16-22(19,20)12-11-21-3/h6-10,14,16H,4-5,11-12H2,1-3H3/t14-/m0/s1. The van der Waals surface area contributed by atoms with E-state index in [1.807, 2.05) is 19.9 Å². The average Bonchev–Trinajstić information content (AvgIpc) is 2.52. The first kappa shape index (κ1) is 18.6. The van der Waals surface area contributed by atoms with Gasteiger partial charge in [0, 0.05) is 20.2 Å². The van der Waals surface area contributed by atoms with E-state index in [2.05, 4.69) is 4.72 Å². The lowest BCUT2D eigenvalue weighted by Crippen LogP contribution is -2.43. The van der Waals surface area contributed by atoms with Gasteiger partial charge >= 0.3 is 0 Å². The van der Waals surface area contributed by atoms with Gasteiger partial charge in [-0.25, -0.2) is 8.42 Å². The molecule has 0 heterocycles. The molecule has 0 radical (unpaired) electrons. The van der Waals surface area contributed by atoms with Crippen LogP contribution in [0.4, 0.5) is 0 Å². The summed E-state index contributed by atoms with van der Waals surface area (Å²) in [5.41, 5.74) is 0.625. The number of sulfonamides is 1. The number of likely N-dealkylation sites (N-methyl/N-ethyl adjacent to an activating group) is 1. The molecule has 1 N–H and O–H groups in total. The minimum atomic E-state index is -3.61. The molecule has 1 aromatic carbocycles. The van der Waals surface area contributed by atoms with Crippen LogP contribution >= 0.6 is 0 Å². The van der Waals surface area contributed by atoms with Gasteiger partial charge in [0.25, 0.3) is 0 Å². The van der Waals surface area contributed by atoms with E-state index in [4.69, 9.17) is 4.74 Å². The highest BCUT2D eigenvalue weighted by Crippen LogP contribution is 2.17. The zero-order chi connectivity index (χ0) is 16.6. The van der Waals surface area contributed by atoms with E-state index in [0.29, 0.717) is 18.7 Å². The van der Waals surface area contributed by atoms with Gasteiger partial charge in [0.1, 0.15) is 6.04 Å². The summed E-state index contributed by atoms with van der Waals surface area (Å²) in [4.78, 5) is 14.2. The highest BCUT2D eigenvalue weighted by Gasteiger charge is 2.28. The number of carbonyl (C=O) groups is 1. The number of hydrogen-bond donors (Lipinski definition) is 1. The summed E-state index contributed by atoms with van der Waals surface area (Å²) < 4.78 is 31.5. The number of nitrogens with zero attached hydrogens (tertiary/aromatic N) is 1. The van der Waals surface area contributed by atoms with Crippen LogP contribution in [0.15, 0.2) is 30.3 Å². The molecule has 1 atom stereocenters. The van der Waals surface area contributed by atoms with Crippen LogP contribution in [-0.4, -0.2) is 51.8 Å². The van der Waals surface area contributed by atoms with Crippen molar-refractivity contribution in [1.29, 1.82) is 0 Å². The number of benzene rings is 1. The number of rotatable bonds is 9. The fourth-order valence-electron chi connectivity index (χ4n) is 2.06. The van der Waals surface area contributed by atoms with E-state index in [1.165, 1.54) is 7.11 Å². The zero-order valence-corrected chi connectivity index (χ0v) is 14.1. The van der Waals surface area contributed by atoms with Crippen molar-refractivity contribution in [2.45, 2.75) is 19.9 Å². The highest BCUT2D eigenvalue weighted by molar-refractivity contribution is 7.89. The van der Waals surface area contributed by atoms with E-state index in [-0.39, 0.29) is 18.3 Å². The molecule has 1 amide bonds. The first-order chi connectivity index (χ1) is 10.4. The number of amides is 1. The molecule has 0 fully saturated rings. The fourth-order valence-corrected chi connectivity index (χ4v) is 3.16. The minimum Gasteiger partial charge on any atom is -0.384 e. The Morgan fingerprint density at radius 2 is 1.82 bits per heavy atom. The molecule has 0 aliphatic rings. The van der Waals surface area contributed by atoms with Crippen molar-refractivity contribution >= 4 is 15.9 Å². The molecule has 0 saturated heterocycles. The molecular weight excluding hydrogens is 304 g/mol. The van der Waals surface area contributed by atoms with Gasteiger partial charge in [0.15, 0.2) is 0 Å². The molecule has 1 rings (SSSR count). The number of methoxy groups -OCH3 is 1. The molecule has 1 aromatic rings. The van der Waals surface area contributed by atoms with E-state index >= 15 is 0 Å². The van der Waals surface area contributed by atoms with Crippen molar-refractivity contribution in [3.63, 3.8) is 0 Å². The lowest BCUT2D eigenvalue weighted by Gasteiger charge is -2.26. The van der Waals surface area contributed by atoms with Gasteiger partial charge in [-0.3, -0.25) is 4.79 Å². The predicted molar refractivity (Wildman–Crippen MR) is 85.9 cm³/mol. The van der Waals surface area contributed by atoms with Crippen LogP contribution < -0.4 is 4.72 Å². The summed E-state index contributed by atoms with van der Waals surface area (Å²) in [6.07, 6.45) is 0. The van der Waals surface area contributed by atoms with Crippen LogP contribution in [0, 0.1) is 0 Å². The number of carbonyl (C=O) groups excluding carboxylic acids is 1. The van der Waals surface area contributed by atoms with E-state index in [9.17, 15) is 13.2 Å². The molecule has 0 bridgehead atoms. The Morgan fingerprint density at radius 1 is 1.23 bits per heavy atom. The maximum absolute atomic E-state index is 12.6. The Bertz CT molecular complexity index is 556. The van der Waals surface area contributed by atoms with Gasteiger partial charge in [-0.1, -0.05) is 30.3 Å². The van der Waals surface area contributed by atoms with Crippen LogP contribution in [0.25, 0.3) is 0 Å². The topological polar surface area (TPSA) is 75.7 Å². The van der Waals surface area contributed by atoms with Gasteiger partial charge in [0.05, 0.1) is 12.4 Å². The third-order valence-corrected chi connectivity index (χ3v) is 4.61. The van der Waals surface area contributed by atoms with Gasteiger partial charge in [-0.2, -0.15) is 4.72 Å². The second kappa shape index (κ2) is 8.87. The maximum atomic E-state index is 12.6. The predicted octanol–water partition coefficient (Wildman–Crippen LogP) is 1.16.